The van der Waals surface area contributed by atoms with Crippen LogP contribution >= 0.6 is 0 Å². The number of rotatable bonds is 1. The number of carbonyl (C=O) groups is 1. The quantitative estimate of drug-likeness (QED) is 0.672. The summed E-state index contributed by atoms with van der Waals surface area (Å²) in [6, 6.07) is 8.46. The summed E-state index contributed by atoms with van der Waals surface area (Å²) in [5.74, 6) is -0.422. The van der Waals surface area contributed by atoms with Gasteiger partial charge in [-0.05, 0) is 30.7 Å². The molecule has 0 aliphatic carbocycles. The highest BCUT2D eigenvalue weighted by Crippen LogP contribution is 2.20. The molecule has 0 saturated heterocycles. The van der Waals surface area contributed by atoms with E-state index in [0.29, 0.717) is 5.69 Å². The van der Waals surface area contributed by atoms with Crippen molar-refractivity contribution in [1.82, 2.24) is 4.98 Å². The monoisotopic (exact) mass is 173 g/mol. The molecule has 2 rings (SSSR count). The minimum atomic E-state index is -0.422. The van der Waals surface area contributed by atoms with Gasteiger partial charge in [-0.1, -0.05) is 6.07 Å². The van der Waals surface area contributed by atoms with Crippen LogP contribution < -0.4 is 5.73 Å². The lowest BCUT2D eigenvalue weighted by Crippen LogP contribution is -2.12. The number of nitrogens with two attached hydrogens (primary N) is 1. The van der Waals surface area contributed by atoms with Gasteiger partial charge in [0.15, 0.2) is 0 Å². The van der Waals surface area contributed by atoms with Crippen LogP contribution in [0.25, 0.3) is 10.9 Å². The highest BCUT2D eigenvalue weighted by atomic mass is 16.1. The molecule has 1 aromatic heterocycles. The summed E-state index contributed by atoms with van der Waals surface area (Å²) in [6.45, 7) is 1.87. The molecule has 0 saturated carbocycles. The second-order valence-electron chi connectivity index (χ2n) is 2.96. The molecule has 2 aromatic rings. The second kappa shape index (κ2) is 2.62. The van der Waals surface area contributed by atoms with Crippen LogP contribution in [0.5, 0.6) is 0 Å². The van der Waals surface area contributed by atoms with Crippen molar-refractivity contribution in [3.05, 3.63) is 35.5 Å². The van der Waals surface area contributed by atoms with Crippen molar-refractivity contribution >= 4 is 16.8 Å². The summed E-state index contributed by atoms with van der Waals surface area (Å²) >= 11 is 0. The van der Waals surface area contributed by atoms with E-state index in [1.54, 1.807) is 6.07 Å². The molecule has 0 spiro atoms. The minimum Gasteiger partial charge on any atom is -0.364 e. The normalized spacial score (nSPS) is 10.5. The molecule has 13 heavy (non-hydrogen) atoms. The van der Waals surface area contributed by atoms with Crippen LogP contribution in [0.15, 0.2) is 18.2 Å². The van der Waals surface area contributed by atoms with Gasteiger partial charge in [-0.15, -0.1) is 0 Å². The van der Waals surface area contributed by atoms with Crippen molar-refractivity contribution in [2.45, 2.75) is 6.92 Å². The molecule has 1 amide bonds. The Balaban J connectivity index is 2.81. The summed E-state index contributed by atoms with van der Waals surface area (Å²) < 4.78 is 0. The average molecular weight is 173 g/mol. The van der Waals surface area contributed by atoms with E-state index in [9.17, 15) is 4.79 Å². The Morgan fingerprint density at radius 3 is 3.00 bits per heavy atom. The maximum atomic E-state index is 11.0. The minimum absolute atomic E-state index is 0.422. The third-order valence-electron chi connectivity index (χ3n) is 2.15. The van der Waals surface area contributed by atoms with Crippen molar-refractivity contribution in [3.8, 4) is 0 Å². The highest BCUT2D eigenvalue weighted by Gasteiger charge is 2.10. The molecule has 0 aliphatic heterocycles. The van der Waals surface area contributed by atoms with Crippen molar-refractivity contribution in [3.63, 3.8) is 0 Å². The first-order valence-electron chi connectivity index (χ1n) is 3.98. The Hall–Kier alpha value is -1.77. The number of aromatic nitrogens is 1. The molecule has 3 heteroatoms. The molecule has 3 nitrogen and oxygen atoms in total. The van der Waals surface area contributed by atoms with Gasteiger partial charge in [0.2, 0.25) is 0 Å². The lowest BCUT2D eigenvalue weighted by atomic mass is 10.1. The molecule has 0 aliphatic rings. The van der Waals surface area contributed by atoms with Gasteiger partial charge in [0, 0.05) is 10.9 Å². The SMILES string of the molecule is Cc1c(C(N)=O)[nH]c2cc[c]cc12. The number of primary amides is 1. The predicted molar refractivity (Wildman–Crippen MR) is 50.4 cm³/mol. The van der Waals surface area contributed by atoms with E-state index >= 15 is 0 Å². The van der Waals surface area contributed by atoms with Crippen LogP contribution in [0.2, 0.25) is 0 Å². The topological polar surface area (TPSA) is 58.9 Å². The largest absolute Gasteiger partial charge is 0.364 e. The number of aromatic amines is 1. The first-order valence-corrected chi connectivity index (χ1v) is 3.98. The van der Waals surface area contributed by atoms with Crippen LogP contribution in [-0.4, -0.2) is 10.9 Å². The third kappa shape index (κ3) is 1.09. The Kier molecular flexibility index (Phi) is 1.59. The summed E-state index contributed by atoms with van der Waals surface area (Å²) in [5, 5.41) is 0.997. The van der Waals surface area contributed by atoms with Crippen LogP contribution in [0.3, 0.4) is 0 Å². The summed E-state index contributed by atoms with van der Waals surface area (Å²) in [4.78, 5) is 13.9. The lowest BCUT2D eigenvalue weighted by molar-refractivity contribution is 0.0996. The zero-order chi connectivity index (χ0) is 9.42. The summed E-state index contributed by atoms with van der Waals surface area (Å²) in [6.07, 6.45) is 0. The number of hydrogen-bond acceptors (Lipinski definition) is 1. The van der Waals surface area contributed by atoms with E-state index in [1.165, 1.54) is 0 Å². The van der Waals surface area contributed by atoms with Gasteiger partial charge in [-0.2, -0.15) is 0 Å². The van der Waals surface area contributed by atoms with E-state index in [4.69, 9.17) is 5.73 Å². The fraction of sp³-hybridized carbons (Fsp3) is 0.100. The van der Waals surface area contributed by atoms with Gasteiger partial charge in [0.25, 0.3) is 5.91 Å². The molecule has 0 bridgehead atoms. The zero-order valence-corrected chi connectivity index (χ0v) is 7.22. The van der Waals surface area contributed by atoms with Crippen molar-refractivity contribution in [2.75, 3.05) is 0 Å². The number of nitrogens with one attached hydrogen (secondary N) is 1. The predicted octanol–water partition coefficient (Wildman–Crippen LogP) is 1.38. The second-order valence-corrected chi connectivity index (χ2v) is 2.96. The van der Waals surface area contributed by atoms with E-state index in [0.717, 1.165) is 16.5 Å². The molecule has 0 fully saturated rings. The molecular formula is C10H9N2O. The Morgan fingerprint density at radius 2 is 2.38 bits per heavy atom. The van der Waals surface area contributed by atoms with E-state index in [2.05, 4.69) is 11.1 Å². The van der Waals surface area contributed by atoms with Gasteiger partial charge in [0.05, 0.1) is 0 Å². The van der Waals surface area contributed by atoms with Crippen LogP contribution in [0, 0.1) is 13.0 Å². The number of amides is 1. The van der Waals surface area contributed by atoms with Crippen LogP contribution in [0.4, 0.5) is 0 Å². The van der Waals surface area contributed by atoms with Crippen molar-refractivity contribution in [2.24, 2.45) is 5.73 Å². The zero-order valence-electron chi connectivity index (χ0n) is 7.22. The van der Waals surface area contributed by atoms with Crippen molar-refractivity contribution < 1.29 is 4.79 Å². The van der Waals surface area contributed by atoms with Crippen molar-refractivity contribution in [1.29, 1.82) is 0 Å². The van der Waals surface area contributed by atoms with Crippen LogP contribution in [0.1, 0.15) is 16.1 Å². The molecule has 1 aromatic carbocycles. The molecule has 0 unspecified atom stereocenters. The van der Waals surface area contributed by atoms with Gasteiger partial charge in [-0.25, -0.2) is 0 Å². The first-order chi connectivity index (χ1) is 6.20. The lowest BCUT2D eigenvalue weighted by Gasteiger charge is -1.90. The summed E-state index contributed by atoms with van der Waals surface area (Å²) in [5.41, 5.74) is 7.49. The number of aryl methyl sites for hydroxylation is 1. The Morgan fingerprint density at radius 1 is 1.62 bits per heavy atom. The van der Waals surface area contributed by atoms with Crippen LogP contribution in [-0.2, 0) is 0 Å². The molecule has 65 valence electrons. The fourth-order valence-corrected chi connectivity index (χ4v) is 1.46. The van der Waals surface area contributed by atoms with Gasteiger partial charge in [-0.3, -0.25) is 4.79 Å². The maximum Gasteiger partial charge on any atom is 0.265 e. The first kappa shape index (κ1) is 7.86. The number of H-pyrrole nitrogens is 1. The highest BCUT2D eigenvalue weighted by molar-refractivity contribution is 5.99. The molecule has 1 heterocycles. The summed E-state index contributed by atoms with van der Waals surface area (Å²) in [7, 11) is 0. The third-order valence-corrected chi connectivity index (χ3v) is 2.15. The fourth-order valence-electron chi connectivity index (χ4n) is 1.46. The standard InChI is InChI=1S/C10H9N2O/c1-6-7-4-2-3-5-8(7)12-9(6)10(11)13/h3-5,12H,1H3,(H2,11,13). The molecule has 3 N–H and O–H groups in total. The number of fused-ring (bicyclic) bond motifs is 1. The Bertz CT molecular complexity index is 471. The van der Waals surface area contributed by atoms with E-state index < -0.39 is 5.91 Å². The van der Waals surface area contributed by atoms with Gasteiger partial charge in [0.1, 0.15) is 5.69 Å². The van der Waals surface area contributed by atoms with Gasteiger partial charge >= 0.3 is 0 Å². The molecule has 0 atom stereocenters. The van der Waals surface area contributed by atoms with Gasteiger partial charge < -0.3 is 10.7 Å². The average Bonchev–Trinajstić information content (AvgIpc) is 2.45. The number of carbonyl (C=O) groups excluding carboxylic acids is 1. The van der Waals surface area contributed by atoms with E-state index in [1.807, 2.05) is 19.1 Å². The number of benzene rings is 1. The molecular weight excluding hydrogens is 164 g/mol. The smallest absolute Gasteiger partial charge is 0.265 e. The Labute approximate surface area is 75.6 Å². The number of hydrogen-bond donors (Lipinski definition) is 2. The maximum absolute atomic E-state index is 11.0. The molecule has 1 radical (unpaired) electrons. The van der Waals surface area contributed by atoms with E-state index in [-0.39, 0.29) is 0 Å².